The fourth-order valence-electron chi connectivity index (χ4n) is 3.59. The van der Waals surface area contributed by atoms with E-state index in [2.05, 4.69) is 9.80 Å². The van der Waals surface area contributed by atoms with E-state index < -0.39 is 0 Å². The van der Waals surface area contributed by atoms with Gasteiger partial charge in [-0.1, -0.05) is 18.2 Å². The molecular formula is C19H28N2O2. The van der Waals surface area contributed by atoms with Gasteiger partial charge in [0.25, 0.3) is 0 Å². The SMILES string of the molecule is O=C(C1CCN(CCCOc2ccccc2)CC1)N1CCCC1. The molecule has 1 aromatic carbocycles. The van der Waals surface area contributed by atoms with E-state index in [0.29, 0.717) is 5.91 Å². The van der Waals surface area contributed by atoms with Crippen LogP contribution in [0.15, 0.2) is 30.3 Å². The van der Waals surface area contributed by atoms with Crippen LogP contribution >= 0.6 is 0 Å². The molecule has 2 heterocycles. The number of nitrogens with zero attached hydrogens (tertiary/aromatic N) is 2. The van der Waals surface area contributed by atoms with Crippen LogP contribution in [0.4, 0.5) is 0 Å². The first-order valence-corrected chi connectivity index (χ1v) is 9.02. The largest absolute Gasteiger partial charge is 0.494 e. The molecule has 0 unspecified atom stereocenters. The summed E-state index contributed by atoms with van der Waals surface area (Å²) in [6.07, 6.45) is 5.46. The Kier molecular flexibility index (Phi) is 5.92. The molecule has 0 aliphatic carbocycles. The highest BCUT2D eigenvalue weighted by Gasteiger charge is 2.29. The van der Waals surface area contributed by atoms with Crippen molar-refractivity contribution >= 4 is 5.91 Å². The molecule has 126 valence electrons. The number of ether oxygens (including phenoxy) is 1. The van der Waals surface area contributed by atoms with Gasteiger partial charge in [-0.15, -0.1) is 0 Å². The summed E-state index contributed by atoms with van der Waals surface area (Å²) in [5.41, 5.74) is 0. The molecule has 1 aromatic rings. The first-order chi connectivity index (χ1) is 11.3. The number of hydrogen-bond acceptors (Lipinski definition) is 3. The van der Waals surface area contributed by atoms with Crippen molar-refractivity contribution in [3.63, 3.8) is 0 Å². The van der Waals surface area contributed by atoms with Crippen LogP contribution in [0.1, 0.15) is 32.1 Å². The zero-order valence-corrected chi connectivity index (χ0v) is 14.0. The van der Waals surface area contributed by atoms with Crippen LogP contribution in [0.3, 0.4) is 0 Å². The number of piperidine rings is 1. The van der Waals surface area contributed by atoms with Crippen LogP contribution in [0.2, 0.25) is 0 Å². The maximum absolute atomic E-state index is 12.4. The molecule has 0 bridgehead atoms. The van der Waals surface area contributed by atoms with Crippen LogP contribution in [0.5, 0.6) is 5.75 Å². The smallest absolute Gasteiger partial charge is 0.225 e. The Balaban J connectivity index is 1.31. The van der Waals surface area contributed by atoms with Gasteiger partial charge < -0.3 is 14.5 Å². The highest BCUT2D eigenvalue weighted by Crippen LogP contribution is 2.22. The molecule has 0 saturated carbocycles. The predicted molar refractivity (Wildman–Crippen MR) is 91.5 cm³/mol. The molecule has 1 amide bonds. The molecule has 0 N–H and O–H groups in total. The van der Waals surface area contributed by atoms with E-state index in [0.717, 1.165) is 64.3 Å². The Bertz CT molecular complexity index is 477. The molecule has 0 radical (unpaired) electrons. The third-order valence-electron chi connectivity index (χ3n) is 4.99. The van der Waals surface area contributed by atoms with Crippen LogP contribution in [-0.2, 0) is 4.79 Å². The zero-order chi connectivity index (χ0) is 15.9. The minimum Gasteiger partial charge on any atom is -0.494 e. The van der Waals surface area contributed by atoms with Gasteiger partial charge in [-0.3, -0.25) is 4.79 Å². The minimum atomic E-state index is 0.268. The first-order valence-electron chi connectivity index (χ1n) is 9.02. The van der Waals surface area contributed by atoms with E-state index in [1.807, 2.05) is 30.3 Å². The van der Waals surface area contributed by atoms with Crippen molar-refractivity contribution in [1.29, 1.82) is 0 Å². The van der Waals surface area contributed by atoms with Crippen molar-refractivity contribution in [3.05, 3.63) is 30.3 Å². The second-order valence-corrected chi connectivity index (χ2v) is 6.66. The molecular weight excluding hydrogens is 288 g/mol. The first kappa shape index (κ1) is 16.3. The number of hydrogen-bond donors (Lipinski definition) is 0. The van der Waals surface area contributed by atoms with Crippen molar-refractivity contribution in [3.8, 4) is 5.75 Å². The molecule has 3 rings (SSSR count). The zero-order valence-electron chi connectivity index (χ0n) is 14.0. The van der Waals surface area contributed by atoms with E-state index in [-0.39, 0.29) is 5.92 Å². The van der Waals surface area contributed by atoms with Crippen molar-refractivity contribution < 1.29 is 9.53 Å². The van der Waals surface area contributed by atoms with Gasteiger partial charge in [-0.05, 0) is 57.3 Å². The van der Waals surface area contributed by atoms with Gasteiger partial charge in [0.2, 0.25) is 5.91 Å². The van der Waals surface area contributed by atoms with Gasteiger partial charge in [0, 0.05) is 25.6 Å². The molecule has 2 aliphatic rings. The Morgan fingerprint density at radius 3 is 2.43 bits per heavy atom. The Labute approximate surface area is 139 Å². The van der Waals surface area contributed by atoms with Crippen molar-refractivity contribution in [2.75, 3.05) is 39.3 Å². The maximum Gasteiger partial charge on any atom is 0.225 e. The van der Waals surface area contributed by atoms with Crippen LogP contribution in [-0.4, -0.2) is 55.0 Å². The summed E-state index contributed by atoms with van der Waals surface area (Å²) < 4.78 is 5.74. The normalized spacial score (nSPS) is 19.9. The number of amides is 1. The number of benzene rings is 1. The van der Waals surface area contributed by atoms with E-state index in [1.54, 1.807) is 0 Å². The summed E-state index contributed by atoms with van der Waals surface area (Å²) in [4.78, 5) is 17.0. The number of likely N-dealkylation sites (tertiary alicyclic amines) is 2. The molecule has 4 heteroatoms. The summed E-state index contributed by atoms with van der Waals surface area (Å²) in [5, 5.41) is 0. The van der Waals surface area contributed by atoms with Gasteiger partial charge in [0.15, 0.2) is 0 Å². The van der Waals surface area contributed by atoms with Crippen LogP contribution in [0, 0.1) is 5.92 Å². The second-order valence-electron chi connectivity index (χ2n) is 6.66. The van der Waals surface area contributed by atoms with Crippen molar-refractivity contribution in [1.82, 2.24) is 9.80 Å². The highest BCUT2D eigenvalue weighted by atomic mass is 16.5. The summed E-state index contributed by atoms with van der Waals surface area (Å²) >= 11 is 0. The van der Waals surface area contributed by atoms with E-state index in [1.165, 1.54) is 12.8 Å². The summed E-state index contributed by atoms with van der Waals surface area (Å²) in [6, 6.07) is 9.99. The fourth-order valence-corrected chi connectivity index (χ4v) is 3.59. The molecule has 2 aliphatic heterocycles. The lowest BCUT2D eigenvalue weighted by molar-refractivity contribution is -0.135. The minimum absolute atomic E-state index is 0.268. The second kappa shape index (κ2) is 8.34. The van der Waals surface area contributed by atoms with Crippen molar-refractivity contribution in [2.24, 2.45) is 5.92 Å². The molecule has 0 aromatic heterocycles. The maximum atomic E-state index is 12.4. The Hall–Kier alpha value is -1.55. The third kappa shape index (κ3) is 4.71. The Morgan fingerprint density at radius 1 is 1.04 bits per heavy atom. The summed E-state index contributed by atoms with van der Waals surface area (Å²) in [7, 11) is 0. The van der Waals surface area contributed by atoms with Crippen LogP contribution < -0.4 is 4.74 Å². The van der Waals surface area contributed by atoms with Gasteiger partial charge in [0.05, 0.1) is 6.61 Å². The predicted octanol–water partition coefficient (Wildman–Crippen LogP) is 2.79. The molecule has 2 saturated heterocycles. The topological polar surface area (TPSA) is 32.8 Å². The lowest BCUT2D eigenvalue weighted by Gasteiger charge is -2.33. The molecule has 4 nitrogen and oxygen atoms in total. The van der Waals surface area contributed by atoms with Crippen molar-refractivity contribution in [2.45, 2.75) is 32.1 Å². The number of carbonyl (C=O) groups excluding carboxylic acids is 1. The summed E-state index contributed by atoms with van der Waals surface area (Å²) in [6.45, 7) is 5.89. The number of rotatable bonds is 6. The average molecular weight is 316 g/mol. The number of para-hydroxylation sites is 1. The number of carbonyl (C=O) groups is 1. The lowest BCUT2D eigenvalue weighted by atomic mass is 9.95. The van der Waals surface area contributed by atoms with E-state index in [9.17, 15) is 4.79 Å². The van der Waals surface area contributed by atoms with E-state index in [4.69, 9.17) is 4.74 Å². The average Bonchev–Trinajstić information content (AvgIpc) is 3.14. The standard InChI is InChI=1S/C19H28N2O2/c22-19(21-12-4-5-13-21)17-9-14-20(15-10-17)11-6-16-23-18-7-2-1-3-8-18/h1-3,7-8,17H,4-6,9-16H2. The molecule has 2 fully saturated rings. The molecule has 23 heavy (non-hydrogen) atoms. The van der Waals surface area contributed by atoms with Gasteiger partial charge in [-0.25, -0.2) is 0 Å². The van der Waals surface area contributed by atoms with Gasteiger partial charge in [0.1, 0.15) is 5.75 Å². The molecule has 0 atom stereocenters. The fraction of sp³-hybridized carbons (Fsp3) is 0.632. The Morgan fingerprint density at radius 2 is 1.74 bits per heavy atom. The molecule has 0 spiro atoms. The lowest BCUT2D eigenvalue weighted by Crippen LogP contribution is -2.42. The third-order valence-corrected chi connectivity index (χ3v) is 4.99. The van der Waals surface area contributed by atoms with Gasteiger partial charge in [-0.2, -0.15) is 0 Å². The monoisotopic (exact) mass is 316 g/mol. The van der Waals surface area contributed by atoms with E-state index >= 15 is 0 Å². The van der Waals surface area contributed by atoms with Crippen LogP contribution in [0.25, 0.3) is 0 Å². The summed E-state index contributed by atoms with van der Waals surface area (Å²) in [5.74, 6) is 1.63. The quantitative estimate of drug-likeness (QED) is 0.757. The van der Waals surface area contributed by atoms with Gasteiger partial charge >= 0.3 is 0 Å². The highest BCUT2D eigenvalue weighted by molar-refractivity contribution is 5.79.